The highest BCUT2D eigenvalue weighted by atomic mass is 16.2. The monoisotopic (exact) mass is 191 g/mol. The first-order valence-corrected chi connectivity index (χ1v) is 4.92. The third kappa shape index (κ3) is 1.95. The van der Waals surface area contributed by atoms with Crippen molar-refractivity contribution in [1.82, 2.24) is 0 Å². The van der Waals surface area contributed by atoms with Crippen LogP contribution in [0, 0.1) is 13.8 Å². The van der Waals surface area contributed by atoms with Gasteiger partial charge in [0.2, 0.25) is 5.91 Å². The summed E-state index contributed by atoms with van der Waals surface area (Å²) in [6.07, 6.45) is 0. The van der Waals surface area contributed by atoms with Gasteiger partial charge in [0.25, 0.3) is 0 Å². The molecule has 0 spiro atoms. The van der Waals surface area contributed by atoms with Crippen LogP contribution in [0.1, 0.15) is 25.0 Å². The predicted octanol–water partition coefficient (Wildman–Crippen LogP) is 2.68. The second-order valence-corrected chi connectivity index (χ2v) is 3.50. The molecule has 0 N–H and O–H groups in total. The zero-order chi connectivity index (χ0) is 10.7. The first-order chi connectivity index (χ1) is 6.57. The van der Waals surface area contributed by atoms with Crippen LogP contribution >= 0.6 is 0 Å². The van der Waals surface area contributed by atoms with Crippen molar-refractivity contribution in [3.8, 4) is 0 Å². The summed E-state index contributed by atoms with van der Waals surface area (Å²) in [7, 11) is 0. The lowest BCUT2D eigenvalue weighted by molar-refractivity contribution is -0.116. The van der Waals surface area contributed by atoms with Crippen molar-refractivity contribution in [3.63, 3.8) is 0 Å². The van der Waals surface area contributed by atoms with Crippen LogP contribution in [0.15, 0.2) is 18.2 Å². The first kappa shape index (κ1) is 10.8. The van der Waals surface area contributed by atoms with Gasteiger partial charge in [-0.1, -0.05) is 18.2 Å². The molecule has 0 bridgehead atoms. The number of carbonyl (C=O) groups excluding carboxylic acids is 1. The van der Waals surface area contributed by atoms with Gasteiger partial charge in [-0.25, -0.2) is 0 Å². The molecule has 0 saturated heterocycles. The molecule has 0 atom stereocenters. The van der Waals surface area contributed by atoms with Crippen molar-refractivity contribution in [3.05, 3.63) is 29.3 Å². The highest BCUT2D eigenvalue weighted by Gasteiger charge is 2.13. The molecule has 1 aromatic rings. The van der Waals surface area contributed by atoms with Crippen LogP contribution in [0.25, 0.3) is 0 Å². The third-order valence-corrected chi connectivity index (χ3v) is 2.41. The highest BCUT2D eigenvalue weighted by molar-refractivity contribution is 5.93. The van der Waals surface area contributed by atoms with Gasteiger partial charge in [0.15, 0.2) is 0 Å². The Bertz CT molecular complexity index is 324. The van der Waals surface area contributed by atoms with Crippen LogP contribution < -0.4 is 4.90 Å². The lowest BCUT2D eigenvalue weighted by Crippen LogP contribution is -2.29. The van der Waals surface area contributed by atoms with E-state index in [2.05, 4.69) is 0 Å². The molecule has 0 aliphatic rings. The molecule has 0 aromatic heterocycles. The number of rotatable bonds is 2. The summed E-state index contributed by atoms with van der Waals surface area (Å²) in [4.78, 5) is 13.2. The second kappa shape index (κ2) is 4.27. The molecule has 0 heterocycles. The lowest BCUT2D eigenvalue weighted by atomic mass is 10.1. The Morgan fingerprint density at radius 1 is 1.29 bits per heavy atom. The van der Waals surface area contributed by atoms with Gasteiger partial charge in [-0.05, 0) is 31.9 Å². The standard InChI is InChI=1S/C12H17NO/c1-5-13(11(4)14)12-9(2)7-6-8-10(12)3/h6-8H,5H2,1-4H3. The molecule has 2 nitrogen and oxygen atoms in total. The summed E-state index contributed by atoms with van der Waals surface area (Å²) in [5.74, 6) is 0.102. The van der Waals surface area contributed by atoms with E-state index in [1.54, 1.807) is 6.92 Å². The number of para-hydroxylation sites is 1. The second-order valence-electron chi connectivity index (χ2n) is 3.50. The van der Waals surface area contributed by atoms with E-state index in [0.29, 0.717) is 0 Å². The molecule has 1 amide bonds. The highest BCUT2D eigenvalue weighted by Crippen LogP contribution is 2.24. The molecule has 0 aliphatic heterocycles. The van der Waals surface area contributed by atoms with E-state index in [1.807, 2.05) is 43.9 Å². The molecule has 0 unspecified atom stereocenters. The molecule has 0 saturated carbocycles. The van der Waals surface area contributed by atoms with Crippen LogP contribution in [0.4, 0.5) is 5.69 Å². The fourth-order valence-corrected chi connectivity index (χ4v) is 1.77. The number of nitrogens with zero attached hydrogens (tertiary/aromatic N) is 1. The molecular weight excluding hydrogens is 174 g/mol. The molecule has 0 aliphatic carbocycles. The van der Waals surface area contributed by atoms with E-state index in [0.717, 1.165) is 23.4 Å². The fraction of sp³-hybridized carbons (Fsp3) is 0.417. The minimum Gasteiger partial charge on any atom is -0.312 e. The van der Waals surface area contributed by atoms with E-state index in [9.17, 15) is 4.79 Å². The molecule has 0 radical (unpaired) electrons. The summed E-state index contributed by atoms with van der Waals surface area (Å²) in [6.45, 7) is 8.39. The average Bonchev–Trinajstić information content (AvgIpc) is 2.10. The van der Waals surface area contributed by atoms with Crippen molar-refractivity contribution < 1.29 is 4.79 Å². The summed E-state index contributed by atoms with van der Waals surface area (Å²) >= 11 is 0. The average molecular weight is 191 g/mol. The van der Waals surface area contributed by atoms with Crippen LogP contribution in [-0.2, 0) is 4.79 Å². The van der Waals surface area contributed by atoms with Gasteiger partial charge in [-0.3, -0.25) is 4.79 Å². The molecule has 1 aromatic carbocycles. The van der Waals surface area contributed by atoms with Crippen molar-refractivity contribution in [2.75, 3.05) is 11.4 Å². The lowest BCUT2D eigenvalue weighted by Gasteiger charge is -2.23. The SMILES string of the molecule is CCN(C(C)=O)c1c(C)cccc1C. The molecular formula is C12H17NO. The zero-order valence-electron chi connectivity index (χ0n) is 9.29. The van der Waals surface area contributed by atoms with Gasteiger partial charge in [0, 0.05) is 19.2 Å². The zero-order valence-corrected chi connectivity index (χ0v) is 9.29. The first-order valence-electron chi connectivity index (χ1n) is 4.92. The Kier molecular flexibility index (Phi) is 3.28. The third-order valence-electron chi connectivity index (χ3n) is 2.41. The maximum absolute atomic E-state index is 11.4. The minimum absolute atomic E-state index is 0.102. The number of hydrogen-bond donors (Lipinski definition) is 0. The Hall–Kier alpha value is -1.31. The van der Waals surface area contributed by atoms with E-state index in [4.69, 9.17) is 0 Å². The summed E-state index contributed by atoms with van der Waals surface area (Å²) in [6, 6.07) is 6.09. The summed E-state index contributed by atoms with van der Waals surface area (Å²) in [5, 5.41) is 0. The van der Waals surface area contributed by atoms with Crippen LogP contribution in [-0.4, -0.2) is 12.5 Å². The summed E-state index contributed by atoms with van der Waals surface area (Å²) < 4.78 is 0. The van der Waals surface area contributed by atoms with Crippen molar-refractivity contribution in [2.45, 2.75) is 27.7 Å². The normalized spacial score (nSPS) is 10.0. The summed E-state index contributed by atoms with van der Waals surface area (Å²) in [5.41, 5.74) is 3.37. The van der Waals surface area contributed by atoms with Crippen LogP contribution in [0.3, 0.4) is 0 Å². The Labute approximate surface area is 85.5 Å². The number of hydrogen-bond acceptors (Lipinski definition) is 1. The quantitative estimate of drug-likeness (QED) is 0.703. The number of benzene rings is 1. The largest absolute Gasteiger partial charge is 0.312 e. The predicted molar refractivity (Wildman–Crippen MR) is 59.6 cm³/mol. The topological polar surface area (TPSA) is 20.3 Å². The Morgan fingerprint density at radius 2 is 1.79 bits per heavy atom. The van der Waals surface area contributed by atoms with Gasteiger partial charge in [-0.2, -0.15) is 0 Å². The number of amides is 1. The Balaban J connectivity index is 3.22. The van der Waals surface area contributed by atoms with Crippen molar-refractivity contribution in [2.24, 2.45) is 0 Å². The number of aryl methyl sites for hydroxylation is 2. The van der Waals surface area contributed by atoms with Crippen molar-refractivity contribution >= 4 is 11.6 Å². The maximum atomic E-state index is 11.4. The van der Waals surface area contributed by atoms with E-state index >= 15 is 0 Å². The van der Waals surface area contributed by atoms with Crippen molar-refractivity contribution in [1.29, 1.82) is 0 Å². The molecule has 0 fully saturated rings. The van der Waals surface area contributed by atoms with Gasteiger partial charge in [0.1, 0.15) is 0 Å². The van der Waals surface area contributed by atoms with E-state index in [1.165, 1.54) is 0 Å². The van der Waals surface area contributed by atoms with E-state index < -0.39 is 0 Å². The maximum Gasteiger partial charge on any atom is 0.223 e. The fourth-order valence-electron chi connectivity index (χ4n) is 1.77. The molecule has 1 rings (SSSR count). The van der Waals surface area contributed by atoms with Gasteiger partial charge in [0.05, 0.1) is 0 Å². The van der Waals surface area contributed by atoms with Gasteiger partial charge in [-0.15, -0.1) is 0 Å². The van der Waals surface area contributed by atoms with Gasteiger partial charge >= 0.3 is 0 Å². The Morgan fingerprint density at radius 3 is 2.14 bits per heavy atom. The smallest absolute Gasteiger partial charge is 0.223 e. The molecule has 14 heavy (non-hydrogen) atoms. The molecule has 76 valence electrons. The minimum atomic E-state index is 0.102. The molecule has 2 heteroatoms. The van der Waals surface area contributed by atoms with Gasteiger partial charge < -0.3 is 4.90 Å². The number of anilines is 1. The number of carbonyl (C=O) groups is 1. The van der Waals surface area contributed by atoms with Crippen LogP contribution in [0.5, 0.6) is 0 Å². The van der Waals surface area contributed by atoms with Crippen LogP contribution in [0.2, 0.25) is 0 Å². The van der Waals surface area contributed by atoms with E-state index in [-0.39, 0.29) is 5.91 Å².